The van der Waals surface area contributed by atoms with Crippen LogP contribution >= 0.6 is 0 Å². The third-order valence-corrected chi connectivity index (χ3v) is 5.24. The number of likely N-dealkylation sites (tertiary alicyclic amines) is 1. The van der Waals surface area contributed by atoms with E-state index in [0.717, 1.165) is 31.5 Å². The van der Waals surface area contributed by atoms with Crippen LogP contribution < -0.4 is 0 Å². The quantitative estimate of drug-likeness (QED) is 0.718. The number of rotatable bonds is 2. The monoisotopic (exact) mass is 332 g/mol. The first-order valence-corrected chi connectivity index (χ1v) is 9.05. The number of nitrogens with zero attached hydrogens (tertiary/aromatic N) is 1. The number of fused-ring (bicyclic) bond motifs is 1. The smallest absolute Gasteiger partial charge is 0.253 e. The second-order valence-electron chi connectivity index (χ2n) is 7.27. The molecule has 1 aliphatic heterocycles. The van der Waals surface area contributed by atoms with Crippen molar-refractivity contribution in [3.63, 3.8) is 0 Å². The second kappa shape index (κ2) is 6.40. The maximum absolute atomic E-state index is 12.8. The minimum absolute atomic E-state index is 0.150. The van der Waals surface area contributed by atoms with Gasteiger partial charge in [-0.05, 0) is 62.4 Å². The number of nitrogens with one attached hydrogen (secondary N) is 1. The van der Waals surface area contributed by atoms with Gasteiger partial charge in [0.25, 0.3) is 5.91 Å². The number of aromatic amines is 1. The van der Waals surface area contributed by atoms with E-state index in [-0.39, 0.29) is 5.91 Å². The van der Waals surface area contributed by atoms with E-state index in [1.54, 1.807) is 0 Å². The highest BCUT2D eigenvalue weighted by molar-refractivity contribution is 5.94. The summed E-state index contributed by atoms with van der Waals surface area (Å²) in [6.45, 7) is 5.80. The molecule has 3 heteroatoms. The zero-order chi connectivity index (χ0) is 17.4. The maximum atomic E-state index is 12.8. The van der Waals surface area contributed by atoms with Gasteiger partial charge in [-0.1, -0.05) is 29.3 Å². The minimum atomic E-state index is 0.150. The van der Waals surface area contributed by atoms with Gasteiger partial charge in [-0.15, -0.1) is 0 Å². The third kappa shape index (κ3) is 3.19. The Morgan fingerprint density at radius 2 is 1.80 bits per heavy atom. The van der Waals surface area contributed by atoms with Gasteiger partial charge in [0.2, 0.25) is 0 Å². The van der Waals surface area contributed by atoms with E-state index in [1.807, 2.05) is 36.1 Å². The number of carbonyl (C=O) groups is 1. The molecule has 0 aliphatic carbocycles. The minimum Gasteiger partial charge on any atom is -0.358 e. The van der Waals surface area contributed by atoms with Crippen LogP contribution in [0.4, 0.5) is 0 Å². The number of amides is 1. The molecule has 1 fully saturated rings. The summed E-state index contributed by atoms with van der Waals surface area (Å²) in [5.41, 5.74) is 5.68. The maximum Gasteiger partial charge on any atom is 0.253 e. The first-order valence-electron chi connectivity index (χ1n) is 9.05. The summed E-state index contributed by atoms with van der Waals surface area (Å²) in [5, 5.41) is 1.26. The third-order valence-electron chi connectivity index (χ3n) is 5.24. The number of piperidine rings is 1. The van der Waals surface area contributed by atoms with Crippen molar-refractivity contribution in [1.82, 2.24) is 9.88 Å². The lowest BCUT2D eigenvalue weighted by atomic mass is 9.94. The van der Waals surface area contributed by atoms with Crippen LogP contribution in [0.5, 0.6) is 0 Å². The van der Waals surface area contributed by atoms with Gasteiger partial charge in [-0.25, -0.2) is 0 Å². The Kier molecular flexibility index (Phi) is 4.08. The number of H-pyrrole nitrogens is 1. The Balaban J connectivity index is 1.55. The Labute approximate surface area is 148 Å². The van der Waals surface area contributed by atoms with E-state index in [0.29, 0.717) is 5.92 Å². The molecule has 0 saturated carbocycles. The van der Waals surface area contributed by atoms with Crippen molar-refractivity contribution in [2.45, 2.75) is 32.6 Å². The van der Waals surface area contributed by atoms with Gasteiger partial charge in [0.15, 0.2) is 0 Å². The second-order valence-corrected chi connectivity index (χ2v) is 7.27. The molecule has 2 heterocycles. The Morgan fingerprint density at radius 3 is 2.60 bits per heavy atom. The molecule has 1 atom stereocenters. The molecular weight excluding hydrogens is 308 g/mol. The lowest BCUT2D eigenvalue weighted by molar-refractivity contribution is 0.0706. The highest BCUT2D eigenvalue weighted by Gasteiger charge is 2.26. The number of hydrogen-bond donors (Lipinski definition) is 1. The molecule has 4 rings (SSSR count). The van der Waals surface area contributed by atoms with Crippen LogP contribution in [0.1, 0.15) is 45.9 Å². The number of benzene rings is 2. The summed E-state index contributed by atoms with van der Waals surface area (Å²) in [5.74, 6) is 0.535. The number of aromatic nitrogens is 1. The van der Waals surface area contributed by atoms with E-state index in [2.05, 4.69) is 36.2 Å². The standard InChI is InChI=1S/C22H24N2O/c1-15-5-8-17(9-6-15)22(25)24-11-3-4-18(14-24)21-13-19-12-16(2)7-10-20(19)23-21/h5-10,12-13,18,23H,3-4,11,14H2,1-2H3. The van der Waals surface area contributed by atoms with Gasteiger partial charge < -0.3 is 9.88 Å². The van der Waals surface area contributed by atoms with Crippen molar-refractivity contribution in [3.8, 4) is 0 Å². The van der Waals surface area contributed by atoms with Gasteiger partial charge >= 0.3 is 0 Å². The summed E-state index contributed by atoms with van der Waals surface area (Å²) in [6, 6.07) is 16.6. The van der Waals surface area contributed by atoms with Crippen LogP contribution in [0.25, 0.3) is 10.9 Å². The molecule has 0 spiro atoms. The zero-order valence-corrected chi connectivity index (χ0v) is 14.9. The van der Waals surface area contributed by atoms with Crippen molar-refractivity contribution in [3.05, 3.63) is 70.9 Å². The summed E-state index contributed by atoms with van der Waals surface area (Å²) >= 11 is 0. The van der Waals surface area contributed by atoms with Crippen LogP contribution in [-0.4, -0.2) is 28.9 Å². The molecule has 25 heavy (non-hydrogen) atoms. The Bertz CT molecular complexity index is 907. The van der Waals surface area contributed by atoms with Crippen LogP contribution in [0, 0.1) is 13.8 Å². The molecule has 2 aromatic carbocycles. The van der Waals surface area contributed by atoms with Gasteiger partial charge in [0.1, 0.15) is 0 Å². The fraction of sp³-hybridized carbons (Fsp3) is 0.318. The number of hydrogen-bond acceptors (Lipinski definition) is 1. The fourth-order valence-corrected chi connectivity index (χ4v) is 3.79. The van der Waals surface area contributed by atoms with Gasteiger partial charge in [0, 0.05) is 35.8 Å². The average Bonchev–Trinajstić information content (AvgIpc) is 3.05. The van der Waals surface area contributed by atoms with Crippen molar-refractivity contribution in [2.24, 2.45) is 0 Å². The largest absolute Gasteiger partial charge is 0.358 e. The molecule has 1 unspecified atom stereocenters. The van der Waals surface area contributed by atoms with Crippen LogP contribution in [0.3, 0.4) is 0 Å². The zero-order valence-electron chi connectivity index (χ0n) is 14.9. The van der Waals surface area contributed by atoms with Crippen LogP contribution in [-0.2, 0) is 0 Å². The molecule has 3 nitrogen and oxygen atoms in total. The first-order chi connectivity index (χ1) is 12.1. The number of aryl methyl sites for hydroxylation is 2. The lowest BCUT2D eigenvalue weighted by Gasteiger charge is -2.32. The SMILES string of the molecule is Cc1ccc(C(=O)N2CCCC(c3cc4cc(C)ccc4[nH]3)C2)cc1. The highest BCUT2D eigenvalue weighted by atomic mass is 16.2. The summed E-state index contributed by atoms with van der Waals surface area (Å²) < 4.78 is 0. The Hall–Kier alpha value is -2.55. The molecule has 1 saturated heterocycles. The van der Waals surface area contributed by atoms with Crippen molar-refractivity contribution >= 4 is 16.8 Å². The molecule has 0 radical (unpaired) electrons. The lowest BCUT2D eigenvalue weighted by Crippen LogP contribution is -2.39. The van der Waals surface area contributed by atoms with Crippen molar-refractivity contribution < 1.29 is 4.79 Å². The van der Waals surface area contributed by atoms with Gasteiger partial charge in [-0.2, -0.15) is 0 Å². The normalized spacial score (nSPS) is 17.8. The molecule has 0 bridgehead atoms. The van der Waals surface area contributed by atoms with E-state index in [9.17, 15) is 4.79 Å². The van der Waals surface area contributed by atoms with Crippen molar-refractivity contribution in [1.29, 1.82) is 0 Å². The summed E-state index contributed by atoms with van der Waals surface area (Å²) in [4.78, 5) is 18.4. The molecule has 1 aromatic heterocycles. The molecule has 1 aliphatic rings. The van der Waals surface area contributed by atoms with Gasteiger partial charge in [-0.3, -0.25) is 4.79 Å². The van der Waals surface area contributed by atoms with E-state index in [4.69, 9.17) is 0 Å². The summed E-state index contributed by atoms with van der Waals surface area (Å²) in [7, 11) is 0. The molecule has 1 N–H and O–H groups in total. The van der Waals surface area contributed by atoms with E-state index >= 15 is 0 Å². The summed E-state index contributed by atoms with van der Waals surface area (Å²) in [6.07, 6.45) is 2.18. The van der Waals surface area contributed by atoms with E-state index in [1.165, 1.54) is 27.7 Å². The number of carbonyl (C=O) groups excluding carboxylic acids is 1. The van der Waals surface area contributed by atoms with Gasteiger partial charge in [0.05, 0.1) is 0 Å². The predicted octanol–water partition coefficient (Wildman–Crippen LogP) is 4.80. The molecule has 128 valence electrons. The molecular formula is C22H24N2O. The van der Waals surface area contributed by atoms with Crippen LogP contribution in [0.2, 0.25) is 0 Å². The predicted molar refractivity (Wildman–Crippen MR) is 102 cm³/mol. The highest BCUT2D eigenvalue weighted by Crippen LogP contribution is 2.30. The Morgan fingerprint density at radius 1 is 1.04 bits per heavy atom. The fourth-order valence-electron chi connectivity index (χ4n) is 3.79. The van der Waals surface area contributed by atoms with Crippen molar-refractivity contribution in [2.75, 3.05) is 13.1 Å². The molecule has 3 aromatic rings. The van der Waals surface area contributed by atoms with Crippen LogP contribution in [0.15, 0.2) is 48.5 Å². The first kappa shape index (κ1) is 15.9. The molecule has 1 amide bonds. The van der Waals surface area contributed by atoms with E-state index < -0.39 is 0 Å². The average molecular weight is 332 g/mol. The topological polar surface area (TPSA) is 36.1 Å².